The largest absolute Gasteiger partial charge is 0.346 e. The molecule has 110 valence electrons. The van der Waals surface area contributed by atoms with Crippen molar-refractivity contribution in [1.82, 2.24) is 19.7 Å². The highest BCUT2D eigenvalue weighted by atomic mass is 15.3. The maximum Gasteiger partial charge on any atom is 0.139 e. The number of hydrogen-bond donors (Lipinski definition) is 1. The lowest BCUT2D eigenvalue weighted by Crippen LogP contribution is -1.95. The molecular weight excluding hydrogens is 286 g/mol. The molecule has 5 heteroatoms. The molecule has 0 amide bonds. The molecule has 5 nitrogen and oxygen atoms in total. The third-order valence-corrected chi connectivity index (χ3v) is 3.81. The fraction of sp³-hybridized carbons (Fsp3) is 0.0556. The molecule has 4 aromatic rings. The van der Waals surface area contributed by atoms with Crippen LogP contribution in [0.1, 0.15) is 5.56 Å². The molecule has 0 fully saturated rings. The van der Waals surface area contributed by atoms with Crippen LogP contribution in [-0.2, 0) is 6.42 Å². The number of nitrogens with zero attached hydrogens (tertiary/aromatic N) is 4. The SMILES string of the molecule is N#CCc1cccc(-c2cnn(-c3ccnc4[nH]ccc34)c2)c1. The molecule has 0 radical (unpaired) electrons. The highest BCUT2D eigenvalue weighted by molar-refractivity contribution is 5.84. The molecule has 0 aliphatic heterocycles. The first-order valence-electron chi connectivity index (χ1n) is 7.28. The van der Waals surface area contributed by atoms with Crippen LogP contribution in [0, 0.1) is 11.3 Å². The van der Waals surface area contributed by atoms with Gasteiger partial charge in [0.25, 0.3) is 0 Å². The minimum absolute atomic E-state index is 0.413. The van der Waals surface area contributed by atoms with Crippen LogP contribution in [0.15, 0.2) is 61.2 Å². The van der Waals surface area contributed by atoms with Gasteiger partial charge in [-0.1, -0.05) is 24.3 Å². The van der Waals surface area contributed by atoms with Gasteiger partial charge in [0.05, 0.1) is 24.4 Å². The van der Waals surface area contributed by atoms with E-state index in [9.17, 15) is 0 Å². The molecule has 23 heavy (non-hydrogen) atoms. The van der Waals surface area contributed by atoms with Crippen LogP contribution in [0.5, 0.6) is 0 Å². The van der Waals surface area contributed by atoms with Crippen molar-refractivity contribution >= 4 is 11.0 Å². The summed E-state index contributed by atoms with van der Waals surface area (Å²) in [5.74, 6) is 0. The van der Waals surface area contributed by atoms with E-state index >= 15 is 0 Å². The zero-order valence-electron chi connectivity index (χ0n) is 12.3. The molecule has 3 aromatic heterocycles. The van der Waals surface area contributed by atoms with Gasteiger partial charge in [0, 0.05) is 29.5 Å². The highest BCUT2D eigenvalue weighted by Crippen LogP contribution is 2.24. The quantitative estimate of drug-likeness (QED) is 0.629. The molecule has 0 atom stereocenters. The summed E-state index contributed by atoms with van der Waals surface area (Å²) >= 11 is 0. The van der Waals surface area contributed by atoms with Crippen LogP contribution in [0.4, 0.5) is 0 Å². The van der Waals surface area contributed by atoms with Crippen LogP contribution >= 0.6 is 0 Å². The van der Waals surface area contributed by atoms with Gasteiger partial charge in [-0.25, -0.2) is 9.67 Å². The predicted octanol–water partition coefficient (Wildman–Crippen LogP) is 3.48. The maximum atomic E-state index is 8.84. The van der Waals surface area contributed by atoms with E-state index in [1.165, 1.54) is 0 Å². The zero-order chi connectivity index (χ0) is 15.6. The van der Waals surface area contributed by atoms with E-state index in [1.807, 2.05) is 59.7 Å². The van der Waals surface area contributed by atoms with Gasteiger partial charge in [-0.2, -0.15) is 10.4 Å². The molecule has 0 spiro atoms. The monoisotopic (exact) mass is 299 g/mol. The Morgan fingerprint density at radius 3 is 3.04 bits per heavy atom. The van der Waals surface area contributed by atoms with Crippen molar-refractivity contribution in [2.45, 2.75) is 6.42 Å². The molecule has 0 aliphatic rings. The van der Waals surface area contributed by atoms with E-state index in [2.05, 4.69) is 21.1 Å². The average molecular weight is 299 g/mol. The van der Waals surface area contributed by atoms with E-state index in [4.69, 9.17) is 5.26 Å². The molecule has 3 heterocycles. The van der Waals surface area contributed by atoms with Crippen LogP contribution in [0.25, 0.3) is 27.8 Å². The topological polar surface area (TPSA) is 70.3 Å². The predicted molar refractivity (Wildman–Crippen MR) is 88.0 cm³/mol. The normalized spacial score (nSPS) is 10.7. The van der Waals surface area contributed by atoms with Gasteiger partial charge in [-0.05, 0) is 23.3 Å². The third kappa shape index (κ3) is 2.36. The first-order valence-corrected chi connectivity index (χ1v) is 7.28. The second-order valence-electron chi connectivity index (χ2n) is 5.28. The van der Waals surface area contributed by atoms with Crippen molar-refractivity contribution in [3.63, 3.8) is 0 Å². The Kier molecular flexibility index (Phi) is 3.13. The van der Waals surface area contributed by atoms with Crippen molar-refractivity contribution < 1.29 is 0 Å². The summed E-state index contributed by atoms with van der Waals surface area (Å²) in [6, 6.07) is 14.1. The van der Waals surface area contributed by atoms with Crippen molar-refractivity contribution in [2.24, 2.45) is 0 Å². The number of rotatable bonds is 3. The van der Waals surface area contributed by atoms with Crippen LogP contribution in [-0.4, -0.2) is 19.7 Å². The molecule has 0 saturated carbocycles. The number of pyridine rings is 1. The van der Waals surface area contributed by atoms with E-state index in [1.54, 1.807) is 6.20 Å². The molecular formula is C18H13N5. The Labute approximate surface area is 132 Å². The average Bonchev–Trinajstić information content (AvgIpc) is 3.24. The number of fused-ring (bicyclic) bond motifs is 1. The molecule has 1 aromatic carbocycles. The summed E-state index contributed by atoms with van der Waals surface area (Å²) in [5.41, 5.74) is 4.91. The number of nitrogens with one attached hydrogen (secondary N) is 1. The summed E-state index contributed by atoms with van der Waals surface area (Å²) in [5, 5.41) is 14.3. The lowest BCUT2D eigenvalue weighted by atomic mass is 10.1. The minimum Gasteiger partial charge on any atom is -0.346 e. The second kappa shape index (κ2) is 5.43. The minimum atomic E-state index is 0.413. The maximum absolute atomic E-state index is 8.84. The molecule has 0 aliphatic carbocycles. The standard InChI is InChI=1S/C18H13N5/c19-7-4-13-2-1-3-14(10-13)15-11-22-23(12-15)17-6-9-21-18-16(17)5-8-20-18/h1-3,5-6,8-12H,4H2,(H,20,21). The van der Waals surface area contributed by atoms with Gasteiger partial charge in [0.15, 0.2) is 0 Å². The first kappa shape index (κ1) is 13.3. The van der Waals surface area contributed by atoms with Crippen molar-refractivity contribution in [1.29, 1.82) is 5.26 Å². The van der Waals surface area contributed by atoms with E-state index in [0.717, 1.165) is 33.4 Å². The Bertz CT molecular complexity index is 1020. The summed E-state index contributed by atoms with van der Waals surface area (Å²) in [4.78, 5) is 7.40. The number of aromatic amines is 1. The van der Waals surface area contributed by atoms with Crippen molar-refractivity contribution in [3.05, 3.63) is 66.7 Å². The summed E-state index contributed by atoms with van der Waals surface area (Å²) in [6.45, 7) is 0. The molecule has 0 bridgehead atoms. The Balaban J connectivity index is 1.76. The van der Waals surface area contributed by atoms with E-state index in [-0.39, 0.29) is 0 Å². The van der Waals surface area contributed by atoms with Crippen LogP contribution < -0.4 is 0 Å². The van der Waals surface area contributed by atoms with Gasteiger partial charge in [-0.15, -0.1) is 0 Å². The van der Waals surface area contributed by atoms with Gasteiger partial charge in [0.2, 0.25) is 0 Å². The molecule has 1 N–H and O–H groups in total. The number of hydrogen-bond acceptors (Lipinski definition) is 3. The second-order valence-corrected chi connectivity index (χ2v) is 5.28. The van der Waals surface area contributed by atoms with Crippen LogP contribution in [0.3, 0.4) is 0 Å². The Morgan fingerprint density at radius 1 is 1.17 bits per heavy atom. The smallest absolute Gasteiger partial charge is 0.139 e. The number of aromatic nitrogens is 4. The molecule has 0 saturated heterocycles. The lowest BCUT2D eigenvalue weighted by molar-refractivity contribution is 0.886. The first-order chi connectivity index (χ1) is 11.3. The Morgan fingerprint density at radius 2 is 2.13 bits per heavy atom. The fourth-order valence-corrected chi connectivity index (χ4v) is 2.70. The van der Waals surface area contributed by atoms with Crippen molar-refractivity contribution in [2.75, 3.05) is 0 Å². The fourth-order valence-electron chi connectivity index (χ4n) is 2.70. The summed E-state index contributed by atoms with van der Waals surface area (Å²) < 4.78 is 1.85. The molecule has 4 rings (SSSR count). The zero-order valence-corrected chi connectivity index (χ0v) is 12.3. The van der Waals surface area contributed by atoms with Crippen LogP contribution in [0.2, 0.25) is 0 Å². The number of nitriles is 1. The van der Waals surface area contributed by atoms with Gasteiger partial charge >= 0.3 is 0 Å². The van der Waals surface area contributed by atoms with E-state index in [0.29, 0.717) is 6.42 Å². The summed E-state index contributed by atoms with van der Waals surface area (Å²) in [7, 11) is 0. The number of H-pyrrole nitrogens is 1. The molecule has 0 unspecified atom stereocenters. The van der Waals surface area contributed by atoms with Gasteiger partial charge < -0.3 is 4.98 Å². The summed E-state index contributed by atoms with van der Waals surface area (Å²) in [6.07, 6.45) is 7.88. The van der Waals surface area contributed by atoms with Gasteiger partial charge in [-0.3, -0.25) is 0 Å². The van der Waals surface area contributed by atoms with Gasteiger partial charge in [0.1, 0.15) is 5.65 Å². The van der Waals surface area contributed by atoms with Crippen molar-refractivity contribution in [3.8, 4) is 22.9 Å². The van der Waals surface area contributed by atoms with E-state index < -0.39 is 0 Å². The Hall–Kier alpha value is -3.39. The lowest BCUT2D eigenvalue weighted by Gasteiger charge is -2.03. The third-order valence-electron chi connectivity index (χ3n) is 3.81. The number of benzene rings is 1. The highest BCUT2D eigenvalue weighted by Gasteiger charge is 2.08.